The highest BCUT2D eigenvalue weighted by atomic mass is 32.1. The Morgan fingerprint density at radius 2 is 2.17 bits per heavy atom. The van der Waals surface area contributed by atoms with E-state index in [1.807, 2.05) is 42.0 Å². The molecule has 23 heavy (non-hydrogen) atoms. The summed E-state index contributed by atoms with van der Waals surface area (Å²) in [5, 5.41) is 16.8. The first kappa shape index (κ1) is 14.0. The first-order chi connectivity index (χ1) is 11.3. The number of rotatable bonds is 3. The molecular formula is C18H16N4S. The van der Waals surface area contributed by atoms with Gasteiger partial charge in [-0.2, -0.15) is 0 Å². The Hall–Kier alpha value is -2.66. The number of amidine groups is 1. The third-order valence-corrected chi connectivity index (χ3v) is 4.92. The Morgan fingerprint density at radius 3 is 2.96 bits per heavy atom. The average Bonchev–Trinajstić information content (AvgIpc) is 3.25. The van der Waals surface area contributed by atoms with Gasteiger partial charge in [-0.1, -0.05) is 12.1 Å². The van der Waals surface area contributed by atoms with Crippen LogP contribution in [0.2, 0.25) is 0 Å². The molecule has 0 amide bonds. The number of fused-ring (bicyclic) bond motifs is 1. The van der Waals surface area contributed by atoms with Crippen molar-refractivity contribution in [1.29, 1.82) is 5.41 Å². The van der Waals surface area contributed by atoms with Gasteiger partial charge in [0.05, 0.1) is 10.9 Å². The second kappa shape index (κ2) is 5.85. The van der Waals surface area contributed by atoms with Crippen LogP contribution < -0.4 is 10.6 Å². The lowest BCUT2D eigenvalue weighted by Crippen LogP contribution is -2.27. The third kappa shape index (κ3) is 2.71. The van der Waals surface area contributed by atoms with E-state index >= 15 is 0 Å². The van der Waals surface area contributed by atoms with Gasteiger partial charge in [0.1, 0.15) is 5.84 Å². The van der Waals surface area contributed by atoms with Crippen molar-refractivity contribution in [3.8, 4) is 0 Å². The predicted molar refractivity (Wildman–Crippen MR) is 94.2 cm³/mol. The van der Waals surface area contributed by atoms with Gasteiger partial charge >= 0.3 is 0 Å². The monoisotopic (exact) mass is 320 g/mol. The van der Waals surface area contributed by atoms with E-state index in [1.54, 1.807) is 11.3 Å². The lowest BCUT2D eigenvalue weighted by molar-refractivity contribution is 0.701. The summed E-state index contributed by atoms with van der Waals surface area (Å²) in [7, 11) is 0. The van der Waals surface area contributed by atoms with E-state index in [9.17, 15) is 0 Å². The molecule has 1 aliphatic carbocycles. The van der Waals surface area contributed by atoms with E-state index in [0.29, 0.717) is 11.9 Å². The molecule has 1 unspecified atom stereocenters. The van der Waals surface area contributed by atoms with Crippen molar-refractivity contribution in [3.63, 3.8) is 0 Å². The summed E-state index contributed by atoms with van der Waals surface area (Å²) in [6.45, 7) is 0. The van der Waals surface area contributed by atoms with E-state index in [2.05, 4.69) is 34.0 Å². The average molecular weight is 320 g/mol. The van der Waals surface area contributed by atoms with Gasteiger partial charge in [-0.25, -0.2) is 0 Å². The highest BCUT2D eigenvalue weighted by molar-refractivity contribution is 7.12. The standard InChI is InChI=1S/C18H16N4S/c19-18(17-2-1-9-23-17)22-13-3-4-16-14(10-13)15(11-21-16)12-5-7-20-8-6-12/h1-3,5-11,16,21H,4H2,(H2,19,22). The van der Waals surface area contributed by atoms with Gasteiger partial charge in [-0.3, -0.25) is 10.4 Å². The van der Waals surface area contributed by atoms with Crippen molar-refractivity contribution >= 4 is 22.7 Å². The van der Waals surface area contributed by atoms with Gasteiger partial charge in [0.2, 0.25) is 0 Å². The van der Waals surface area contributed by atoms with Crippen LogP contribution in [0.1, 0.15) is 16.9 Å². The van der Waals surface area contributed by atoms with Gasteiger partial charge in [0.15, 0.2) is 0 Å². The Labute approximate surface area is 138 Å². The van der Waals surface area contributed by atoms with E-state index < -0.39 is 0 Å². The summed E-state index contributed by atoms with van der Waals surface area (Å²) in [4.78, 5) is 5.03. The Kier molecular flexibility index (Phi) is 3.55. The van der Waals surface area contributed by atoms with Gasteiger partial charge < -0.3 is 10.6 Å². The molecule has 4 nitrogen and oxygen atoms in total. The summed E-state index contributed by atoms with van der Waals surface area (Å²) in [6, 6.07) is 8.29. The smallest absolute Gasteiger partial charge is 0.140 e. The number of allylic oxidation sites excluding steroid dienone is 1. The Balaban J connectivity index is 1.57. The molecule has 0 radical (unpaired) electrons. The highest BCUT2D eigenvalue weighted by Crippen LogP contribution is 2.34. The molecule has 0 aromatic carbocycles. The SMILES string of the molecule is N=C(NC1=CCC2NC=C(c3ccncc3)C2=C1)c1cccs1. The van der Waals surface area contributed by atoms with E-state index in [0.717, 1.165) is 22.6 Å². The van der Waals surface area contributed by atoms with Crippen LogP contribution in [0.4, 0.5) is 0 Å². The topological polar surface area (TPSA) is 60.8 Å². The second-order valence-electron chi connectivity index (χ2n) is 5.49. The van der Waals surface area contributed by atoms with Gasteiger partial charge in [-0.15, -0.1) is 11.3 Å². The van der Waals surface area contributed by atoms with Gasteiger partial charge in [0.25, 0.3) is 0 Å². The van der Waals surface area contributed by atoms with E-state index in [1.165, 1.54) is 11.1 Å². The van der Waals surface area contributed by atoms with Crippen LogP contribution in [0, 0.1) is 5.41 Å². The van der Waals surface area contributed by atoms with Crippen LogP contribution in [-0.4, -0.2) is 16.9 Å². The van der Waals surface area contributed by atoms with Crippen molar-refractivity contribution < 1.29 is 0 Å². The number of nitrogens with zero attached hydrogens (tertiary/aromatic N) is 1. The van der Waals surface area contributed by atoms with Crippen LogP contribution >= 0.6 is 11.3 Å². The first-order valence-corrected chi connectivity index (χ1v) is 8.37. The quantitative estimate of drug-likeness (QED) is 0.601. The van der Waals surface area contributed by atoms with Crippen LogP contribution in [0.5, 0.6) is 0 Å². The fourth-order valence-electron chi connectivity index (χ4n) is 2.88. The van der Waals surface area contributed by atoms with Crippen molar-refractivity contribution in [2.75, 3.05) is 0 Å². The fourth-order valence-corrected chi connectivity index (χ4v) is 3.51. The molecule has 2 aromatic rings. The second-order valence-corrected chi connectivity index (χ2v) is 6.43. The van der Waals surface area contributed by atoms with E-state index in [4.69, 9.17) is 5.41 Å². The molecule has 1 aliphatic heterocycles. The molecule has 0 spiro atoms. The first-order valence-electron chi connectivity index (χ1n) is 7.49. The number of hydrogen-bond donors (Lipinski definition) is 3. The zero-order chi connectivity index (χ0) is 15.6. The molecule has 3 heterocycles. The largest absolute Gasteiger partial charge is 0.383 e. The molecule has 5 heteroatoms. The molecule has 0 saturated carbocycles. The molecule has 3 N–H and O–H groups in total. The molecule has 0 bridgehead atoms. The number of thiophene rings is 1. The maximum absolute atomic E-state index is 8.18. The zero-order valence-electron chi connectivity index (χ0n) is 12.4. The molecular weight excluding hydrogens is 304 g/mol. The molecule has 2 aromatic heterocycles. The Morgan fingerprint density at radius 1 is 1.30 bits per heavy atom. The van der Waals surface area contributed by atoms with Crippen molar-refractivity contribution in [2.45, 2.75) is 12.5 Å². The van der Waals surface area contributed by atoms with Crippen LogP contribution in [0.3, 0.4) is 0 Å². The highest BCUT2D eigenvalue weighted by Gasteiger charge is 2.26. The van der Waals surface area contributed by atoms with Crippen molar-refractivity contribution in [1.82, 2.24) is 15.6 Å². The van der Waals surface area contributed by atoms with Crippen LogP contribution in [0.25, 0.3) is 5.57 Å². The minimum atomic E-state index is 0.319. The molecule has 114 valence electrons. The molecule has 0 fully saturated rings. The number of nitrogens with one attached hydrogen (secondary N) is 3. The number of hydrogen-bond acceptors (Lipinski definition) is 4. The summed E-state index contributed by atoms with van der Waals surface area (Å²) >= 11 is 1.57. The molecule has 0 saturated heterocycles. The molecule has 4 rings (SSSR count). The summed E-state index contributed by atoms with van der Waals surface area (Å²) in [5.41, 5.74) is 4.61. The third-order valence-electron chi connectivity index (χ3n) is 4.03. The van der Waals surface area contributed by atoms with Crippen LogP contribution in [-0.2, 0) is 0 Å². The predicted octanol–water partition coefficient (Wildman–Crippen LogP) is 3.28. The van der Waals surface area contributed by atoms with Crippen LogP contribution in [0.15, 0.2) is 71.7 Å². The maximum Gasteiger partial charge on any atom is 0.140 e. The number of pyridine rings is 1. The number of aromatic nitrogens is 1. The Bertz CT molecular complexity index is 816. The summed E-state index contributed by atoms with van der Waals surface area (Å²) < 4.78 is 0. The maximum atomic E-state index is 8.18. The molecule has 1 atom stereocenters. The minimum Gasteiger partial charge on any atom is -0.383 e. The minimum absolute atomic E-state index is 0.319. The summed E-state index contributed by atoms with van der Waals surface area (Å²) in [6.07, 6.45) is 10.9. The fraction of sp³-hybridized carbons (Fsp3) is 0.111. The van der Waals surface area contributed by atoms with Gasteiger partial charge in [0, 0.05) is 29.9 Å². The zero-order valence-corrected chi connectivity index (χ0v) is 13.2. The normalized spacial score (nSPS) is 19.1. The van der Waals surface area contributed by atoms with Gasteiger partial charge in [-0.05, 0) is 47.2 Å². The van der Waals surface area contributed by atoms with Crippen molar-refractivity contribution in [3.05, 3.63) is 82.1 Å². The summed E-state index contributed by atoms with van der Waals surface area (Å²) in [5.74, 6) is 0.446. The molecule has 2 aliphatic rings. The lowest BCUT2D eigenvalue weighted by atomic mass is 9.91. The van der Waals surface area contributed by atoms with E-state index in [-0.39, 0.29) is 0 Å². The van der Waals surface area contributed by atoms with Crippen molar-refractivity contribution in [2.24, 2.45) is 0 Å². The lowest BCUT2D eigenvalue weighted by Gasteiger charge is -2.20.